The third-order valence-electron chi connectivity index (χ3n) is 3.92. The summed E-state index contributed by atoms with van der Waals surface area (Å²) in [7, 11) is 0. The normalized spacial score (nSPS) is 10.6. The van der Waals surface area contributed by atoms with Gasteiger partial charge in [-0.1, -0.05) is 17.7 Å². The molecule has 0 amide bonds. The minimum absolute atomic E-state index is 0.535. The molecule has 134 valence electrons. The number of nitrogens with one attached hydrogen (secondary N) is 3. The number of aromatic nitrogens is 3. The van der Waals surface area contributed by atoms with Gasteiger partial charge in [-0.15, -0.1) is 0 Å². The van der Waals surface area contributed by atoms with Gasteiger partial charge in [-0.3, -0.25) is 0 Å². The van der Waals surface area contributed by atoms with Gasteiger partial charge >= 0.3 is 0 Å². The SMILES string of the molecule is CCNC(=S)Nc1ccc2ncc(Nc3c(C)cc(C)cc3C)nc2n1. The molecule has 0 radical (unpaired) electrons. The van der Waals surface area contributed by atoms with E-state index in [9.17, 15) is 0 Å². The van der Waals surface area contributed by atoms with Crippen LogP contribution < -0.4 is 16.0 Å². The molecule has 26 heavy (non-hydrogen) atoms. The first kappa shape index (κ1) is 18.0. The average molecular weight is 366 g/mol. The molecule has 0 bridgehead atoms. The molecule has 0 aliphatic heterocycles. The van der Waals surface area contributed by atoms with Gasteiger partial charge < -0.3 is 16.0 Å². The Labute approximate surface area is 158 Å². The van der Waals surface area contributed by atoms with Crippen molar-refractivity contribution in [3.63, 3.8) is 0 Å². The third kappa shape index (κ3) is 4.05. The van der Waals surface area contributed by atoms with Crippen LogP contribution in [0.25, 0.3) is 11.2 Å². The summed E-state index contributed by atoms with van der Waals surface area (Å²) in [5.41, 5.74) is 5.91. The lowest BCUT2D eigenvalue weighted by molar-refractivity contribution is 0.978. The Bertz CT molecular complexity index is 946. The van der Waals surface area contributed by atoms with Gasteiger partial charge in [-0.05, 0) is 63.2 Å². The van der Waals surface area contributed by atoms with Crippen molar-refractivity contribution in [2.75, 3.05) is 17.2 Å². The number of hydrogen-bond donors (Lipinski definition) is 3. The van der Waals surface area contributed by atoms with E-state index in [0.29, 0.717) is 22.4 Å². The van der Waals surface area contributed by atoms with Crippen LogP contribution in [0.2, 0.25) is 0 Å². The Kier molecular flexibility index (Phi) is 5.27. The highest BCUT2D eigenvalue weighted by atomic mass is 32.1. The first-order chi connectivity index (χ1) is 12.5. The maximum atomic E-state index is 5.20. The predicted octanol–water partition coefficient (Wildman–Crippen LogP) is 4.00. The summed E-state index contributed by atoms with van der Waals surface area (Å²) in [6.07, 6.45) is 1.72. The number of fused-ring (bicyclic) bond motifs is 1. The van der Waals surface area contributed by atoms with Crippen LogP contribution in [0.4, 0.5) is 17.3 Å². The van der Waals surface area contributed by atoms with Crippen LogP contribution >= 0.6 is 12.2 Å². The summed E-state index contributed by atoms with van der Waals surface area (Å²) in [6.45, 7) is 9.00. The van der Waals surface area contributed by atoms with Crippen molar-refractivity contribution < 1.29 is 0 Å². The molecule has 2 heterocycles. The lowest BCUT2D eigenvalue weighted by atomic mass is 10.1. The Morgan fingerprint density at radius 2 is 1.73 bits per heavy atom. The smallest absolute Gasteiger partial charge is 0.182 e. The molecule has 1 aromatic carbocycles. The first-order valence-electron chi connectivity index (χ1n) is 8.50. The Hall–Kier alpha value is -2.80. The van der Waals surface area contributed by atoms with Crippen LogP contribution in [-0.4, -0.2) is 26.6 Å². The maximum Gasteiger partial charge on any atom is 0.182 e. The molecular formula is C19H22N6S. The van der Waals surface area contributed by atoms with E-state index in [4.69, 9.17) is 12.2 Å². The molecule has 0 unspecified atom stereocenters. The van der Waals surface area contributed by atoms with Crippen molar-refractivity contribution in [1.29, 1.82) is 0 Å². The number of pyridine rings is 1. The van der Waals surface area contributed by atoms with Crippen molar-refractivity contribution in [3.05, 3.63) is 47.2 Å². The van der Waals surface area contributed by atoms with E-state index in [2.05, 4.69) is 63.8 Å². The fourth-order valence-corrected chi connectivity index (χ4v) is 3.10. The van der Waals surface area contributed by atoms with Gasteiger partial charge in [0.2, 0.25) is 0 Å². The van der Waals surface area contributed by atoms with Crippen molar-refractivity contribution in [2.24, 2.45) is 0 Å². The van der Waals surface area contributed by atoms with Gasteiger partial charge in [0.15, 0.2) is 16.6 Å². The third-order valence-corrected chi connectivity index (χ3v) is 4.16. The second-order valence-corrected chi connectivity index (χ2v) is 6.59. The van der Waals surface area contributed by atoms with E-state index < -0.39 is 0 Å². The lowest BCUT2D eigenvalue weighted by Crippen LogP contribution is -2.28. The predicted molar refractivity (Wildman–Crippen MR) is 111 cm³/mol. The van der Waals surface area contributed by atoms with E-state index in [-0.39, 0.29) is 0 Å². The van der Waals surface area contributed by atoms with Crippen LogP contribution in [0.15, 0.2) is 30.5 Å². The molecule has 3 rings (SSSR count). The van der Waals surface area contributed by atoms with Gasteiger partial charge in [0, 0.05) is 12.2 Å². The zero-order chi connectivity index (χ0) is 18.7. The van der Waals surface area contributed by atoms with Crippen molar-refractivity contribution in [1.82, 2.24) is 20.3 Å². The molecule has 3 aromatic rings. The minimum Gasteiger partial charge on any atom is -0.363 e. The Balaban J connectivity index is 1.89. The number of aryl methyl sites for hydroxylation is 3. The maximum absolute atomic E-state index is 5.20. The van der Waals surface area contributed by atoms with E-state index >= 15 is 0 Å². The molecule has 0 atom stereocenters. The molecule has 0 aliphatic rings. The highest BCUT2D eigenvalue weighted by Gasteiger charge is 2.08. The van der Waals surface area contributed by atoms with Crippen LogP contribution in [0, 0.1) is 20.8 Å². The fraction of sp³-hybridized carbons (Fsp3) is 0.263. The molecule has 3 N–H and O–H groups in total. The summed E-state index contributed by atoms with van der Waals surface area (Å²) >= 11 is 5.20. The van der Waals surface area contributed by atoms with Crippen LogP contribution in [0.5, 0.6) is 0 Å². The topological polar surface area (TPSA) is 74.8 Å². The summed E-state index contributed by atoms with van der Waals surface area (Å²) < 4.78 is 0. The molecule has 0 aliphatic carbocycles. The number of rotatable bonds is 4. The van der Waals surface area contributed by atoms with Crippen LogP contribution in [0.3, 0.4) is 0 Å². The lowest BCUT2D eigenvalue weighted by Gasteiger charge is -2.13. The van der Waals surface area contributed by atoms with Gasteiger partial charge in [0.25, 0.3) is 0 Å². The molecule has 0 saturated heterocycles. The largest absolute Gasteiger partial charge is 0.363 e. The summed E-state index contributed by atoms with van der Waals surface area (Å²) in [5.74, 6) is 1.30. The number of thiocarbonyl (C=S) groups is 1. The van der Waals surface area contributed by atoms with Gasteiger partial charge in [-0.25, -0.2) is 15.0 Å². The molecule has 6 nitrogen and oxygen atoms in total. The van der Waals surface area contributed by atoms with Gasteiger partial charge in [0.1, 0.15) is 11.3 Å². The monoisotopic (exact) mass is 366 g/mol. The highest BCUT2D eigenvalue weighted by molar-refractivity contribution is 7.80. The number of anilines is 3. The van der Waals surface area contributed by atoms with Gasteiger partial charge in [-0.2, -0.15) is 0 Å². The number of hydrogen-bond acceptors (Lipinski definition) is 5. The zero-order valence-corrected chi connectivity index (χ0v) is 16.2. The molecule has 7 heteroatoms. The second kappa shape index (κ2) is 7.61. The van der Waals surface area contributed by atoms with Crippen molar-refractivity contribution in [2.45, 2.75) is 27.7 Å². The van der Waals surface area contributed by atoms with Gasteiger partial charge in [0.05, 0.1) is 6.20 Å². The Morgan fingerprint density at radius 3 is 2.42 bits per heavy atom. The van der Waals surface area contributed by atoms with Crippen molar-refractivity contribution in [3.8, 4) is 0 Å². The highest BCUT2D eigenvalue weighted by Crippen LogP contribution is 2.25. The second-order valence-electron chi connectivity index (χ2n) is 6.18. The Morgan fingerprint density at radius 1 is 1.04 bits per heavy atom. The number of nitrogens with zero attached hydrogens (tertiary/aromatic N) is 3. The molecule has 0 fully saturated rings. The first-order valence-corrected chi connectivity index (χ1v) is 8.90. The summed E-state index contributed by atoms with van der Waals surface area (Å²) in [5, 5.41) is 9.99. The minimum atomic E-state index is 0.535. The van der Waals surface area contributed by atoms with Crippen LogP contribution in [-0.2, 0) is 0 Å². The quantitative estimate of drug-likeness (QED) is 0.603. The molecular weight excluding hydrogens is 344 g/mol. The molecule has 0 spiro atoms. The van der Waals surface area contributed by atoms with E-state index in [1.807, 2.05) is 19.1 Å². The zero-order valence-electron chi connectivity index (χ0n) is 15.3. The van der Waals surface area contributed by atoms with E-state index in [1.165, 1.54) is 16.7 Å². The van der Waals surface area contributed by atoms with Crippen molar-refractivity contribution >= 4 is 45.8 Å². The molecule has 0 saturated carbocycles. The summed E-state index contributed by atoms with van der Waals surface area (Å²) in [4.78, 5) is 13.6. The fourth-order valence-electron chi connectivity index (χ4n) is 2.85. The average Bonchev–Trinajstić information content (AvgIpc) is 2.58. The van der Waals surface area contributed by atoms with E-state index in [1.54, 1.807) is 6.20 Å². The number of benzene rings is 1. The van der Waals surface area contributed by atoms with Crippen LogP contribution in [0.1, 0.15) is 23.6 Å². The standard InChI is InChI=1S/C19H22N6S/c1-5-20-19(26)25-15-7-6-14-18(23-15)24-16(10-21-14)22-17-12(3)8-11(2)9-13(17)4/h6-10H,5H2,1-4H3,(H3,20,22,23,24,25,26). The summed E-state index contributed by atoms with van der Waals surface area (Å²) in [6, 6.07) is 8.00. The molecule has 2 aromatic heterocycles. The van der Waals surface area contributed by atoms with E-state index in [0.717, 1.165) is 17.7 Å².